The topological polar surface area (TPSA) is 135 Å². The Balaban J connectivity index is 1.73. The number of carbonyl (C=O) groups excluding carboxylic acids is 2. The molecular weight excluding hydrogens is 378 g/mol. The summed E-state index contributed by atoms with van der Waals surface area (Å²) in [5, 5.41) is 10.1. The second-order valence-corrected chi connectivity index (χ2v) is 7.50. The van der Waals surface area contributed by atoms with Crippen molar-refractivity contribution in [3.8, 4) is 0 Å². The summed E-state index contributed by atoms with van der Waals surface area (Å²) in [5.41, 5.74) is 6.36. The number of amides is 2. The van der Waals surface area contributed by atoms with Crippen LogP contribution in [0.1, 0.15) is 41.9 Å². The Morgan fingerprint density at radius 3 is 2.82 bits per heavy atom. The van der Waals surface area contributed by atoms with E-state index in [0.29, 0.717) is 5.82 Å². The van der Waals surface area contributed by atoms with E-state index in [4.69, 9.17) is 5.73 Å². The van der Waals surface area contributed by atoms with Crippen LogP contribution < -0.4 is 21.7 Å². The van der Waals surface area contributed by atoms with Crippen LogP contribution in [-0.2, 0) is 4.79 Å². The standard InChI is InChI=1S/C18H23N7O2S/c1-3-14(26)22-12-6-4-5-11(8-12)21-13-9-20-16(17(19)27)18(23-13)24-15-7-10(2)25-28-15/h3,7,9,11-12H,1,4-6,8H2,2H3,(H2,19,27)(H,22,26)(H2,21,23,24)/t11-,12?/m1/s1. The highest BCUT2D eigenvalue weighted by Crippen LogP contribution is 2.25. The monoisotopic (exact) mass is 401 g/mol. The lowest BCUT2D eigenvalue weighted by atomic mass is 9.91. The summed E-state index contributed by atoms with van der Waals surface area (Å²) in [5.74, 6) is -0.00171. The Labute approximate surface area is 167 Å². The van der Waals surface area contributed by atoms with Crippen LogP contribution in [0, 0.1) is 6.92 Å². The van der Waals surface area contributed by atoms with Crippen LogP contribution >= 0.6 is 11.5 Å². The number of carbonyl (C=O) groups is 2. The maximum atomic E-state index is 11.7. The molecule has 0 aliphatic heterocycles. The summed E-state index contributed by atoms with van der Waals surface area (Å²) >= 11 is 1.26. The highest BCUT2D eigenvalue weighted by atomic mass is 32.1. The minimum atomic E-state index is -0.660. The van der Waals surface area contributed by atoms with Crippen molar-refractivity contribution >= 4 is 40.0 Å². The molecule has 2 aromatic rings. The van der Waals surface area contributed by atoms with E-state index < -0.39 is 5.91 Å². The minimum absolute atomic E-state index is 0.0661. The third-order valence-electron chi connectivity index (χ3n) is 4.43. The average molecular weight is 401 g/mol. The first-order chi connectivity index (χ1) is 13.4. The van der Waals surface area contributed by atoms with Crippen molar-refractivity contribution in [3.63, 3.8) is 0 Å². The summed E-state index contributed by atoms with van der Waals surface area (Å²) in [7, 11) is 0. The van der Waals surface area contributed by atoms with Gasteiger partial charge in [-0.05, 0) is 56.3 Å². The van der Waals surface area contributed by atoms with E-state index in [2.05, 4.69) is 36.9 Å². The Bertz CT molecular complexity index is 883. The van der Waals surface area contributed by atoms with Gasteiger partial charge in [0.15, 0.2) is 11.5 Å². The molecule has 9 nitrogen and oxygen atoms in total. The molecule has 1 unspecified atom stereocenters. The molecule has 2 aromatic heterocycles. The number of nitrogens with two attached hydrogens (primary N) is 1. The summed E-state index contributed by atoms with van der Waals surface area (Å²) in [4.78, 5) is 31.9. The SMILES string of the molecule is C=CC(=O)NC1CCC[C@@H](Nc2cnc(C(N)=O)c(Nc3cc(C)ns3)n2)C1. The van der Waals surface area contributed by atoms with Crippen molar-refractivity contribution in [3.05, 3.63) is 36.3 Å². The van der Waals surface area contributed by atoms with Crippen LogP contribution in [0.15, 0.2) is 24.9 Å². The van der Waals surface area contributed by atoms with Crippen molar-refractivity contribution in [2.24, 2.45) is 5.73 Å². The molecule has 0 saturated heterocycles. The molecule has 0 aromatic carbocycles. The van der Waals surface area contributed by atoms with Gasteiger partial charge < -0.3 is 21.7 Å². The fraction of sp³-hybridized carbons (Fsp3) is 0.389. The molecule has 0 spiro atoms. The number of hydrogen-bond donors (Lipinski definition) is 4. The molecule has 28 heavy (non-hydrogen) atoms. The minimum Gasteiger partial charge on any atom is -0.366 e. The molecule has 0 radical (unpaired) electrons. The normalized spacial score (nSPS) is 18.9. The molecule has 5 N–H and O–H groups in total. The van der Waals surface area contributed by atoms with E-state index in [9.17, 15) is 9.59 Å². The van der Waals surface area contributed by atoms with Gasteiger partial charge in [0.05, 0.1) is 11.9 Å². The van der Waals surface area contributed by atoms with Crippen molar-refractivity contribution in [2.75, 3.05) is 10.6 Å². The zero-order chi connectivity index (χ0) is 20.1. The number of nitrogens with one attached hydrogen (secondary N) is 3. The predicted octanol–water partition coefficient (Wildman–Crippen LogP) is 2.11. The first-order valence-corrected chi connectivity index (χ1v) is 9.78. The molecule has 148 valence electrons. The van der Waals surface area contributed by atoms with Crippen LogP contribution in [0.2, 0.25) is 0 Å². The Morgan fingerprint density at radius 2 is 2.14 bits per heavy atom. The van der Waals surface area contributed by atoms with E-state index in [1.807, 2.05) is 13.0 Å². The van der Waals surface area contributed by atoms with Gasteiger partial charge in [-0.1, -0.05) is 6.58 Å². The van der Waals surface area contributed by atoms with Crippen molar-refractivity contribution in [2.45, 2.75) is 44.7 Å². The summed E-state index contributed by atoms with van der Waals surface area (Å²) in [6, 6.07) is 2.08. The number of primary amides is 1. The van der Waals surface area contributed by atoms with Crippen LogP contribution in [0.25, 0.3) is 0 Å². The maximum absolute atomic E-state index is 11.7. The van der Waals surface area contributed by atoms with E-state index >= 15 is 0 Å². The number of anilines is 3. The largest absolute Gasteiger partial charge is 0.366 e. The van der Waals surface area contributed by atoms with E-state index in [1.165, 1.54) is 23.8 Å². The third kappa shape index (κ3) is 5.03. The summed E-state index contributed by atoms with van der Waals surface area (Å²) < 4.78 is 4.20. The molecule has 1 aliphatic rings. The van der Waals surface area contributed by atoms with Gasteiger partial charge in [-0.3, -0.25) is 9.59 Å². The quantitative estimate of drug-likeness (QED) is 0.522. The van der Waals surface area contributed by atoms with Gasteiger partial charge in [0.2, 0.25) is 5.91 Å². The van der Waals surface area contributed by atoms with Crippen LogP contribution in [0.4, 0.5) is 16.6 Å². The number of aromatic nitrogens is 3. The fourth-order valence-corrected chi connectivity index (χ4v) is 3.85. The maximum Gasteiger partial charge on any atom is 0.271 e. The zero-order valence-electron chi connectivity index (χ0n) is 15.6. The molecule has 2 amide bonds. The third-order valence-corrected chi connectivity index (χ3v) is 5.23. The lowest BCUT2D eigenvalue weighted by molar-refractivity contribution is -0.117. The van der Waals surface area contributed by atoms with E-state index in [0.717, 1.165) is 36.4 Å². The molecule has 1 aliphatic carbocycles. The predicted molar refractivity (Wildman–Crippen MR) is 109 cm³/mol. The highest BCUT2D eigenvalue weighted by molar-refractivity contribution is 7.10. The molecule has 10 heteroatoms. The van der Waals surface area contributed by atoms with Crippen LogP contribution in [-0.4, -0.2) is 38.2 Å². The van der Waals surface area contributed by atoms with E-state index in [-0.39, 0.29) is 29.5 Å². The van der Waals surface area contributed by atoms with Gasteiger partial charge in [0.1, 0.15) is 10.8 Å². The van der Waals surface area contributed by atoms with Crippen LogP contribution in [0.3, 0.4) is 0 Å². The second kappa shape index (κ2) is 8.79. The van der Waals surface area contributed by atoms with Gasteiger partial charge in [-0.15, -0.1) is 0 Å². The van der Waals surface area contributed by atoms with Crippen molar-refractivity contribution in [1.82, 2.24) is 19.7 Å². The smallest absolute Gasteiger partial charge is 0.271 e. The molecule has 0 bridgehead atoms. The molecule has 2 heterocycles. The van der Waals surface area contributed by atoms with Crippen molar-refractivity contribution in [1.29, 1.82) is 0 Å². The van der Waals surface area contributed by atoms with Crippen molar-refractivity contribution < 1.29 is 9.59 Å². The molecule has 1 fully saturated rings. The lowest BCUT2D eigenvalue weighted by Crippen LogP contribution is -2.41. The molecular formula is C18H23N7O2S. The average Bonchev–Trinajstić information content (AvgIpc) is 3.06. The Hall–Kier alpha value is -3.01. The van der Waals surface area contributed by atoms with Gasteiger partial charge >= 0.3 is 0 Å². The van der Waals surface area contributed by atoms with Gasteiger partial charge in [-0.2, -0.15) is 4.37 Å². The lowest BCUT2D eigenvalue weighted by Gasteiger charge is -2.30. The molecule has 3 rings (SSSR count). The molecule has 1 saturated carbocycles. The number of rotatable bonds is 7. The summed E-state index contributed by atoms with van der Waals surface area (Å²) in [6.07, 6.45) is 6.42. The van der Waals surface area contributed by atoms with Gasteiger partial charge in [-0.25, -0.2) is 9.97 Å². The number of hydrogen-bond acceptors (Lipinski definition) is 8. The number of nitrogens with zero attached hydrogens (tertiary/aromatic N) is 3. The van der Waals surface area contributed by atoms with Gasteiger partial charge in [0.25, 0.3) is 5.91 Å². The van der Waals surface area contributed by atoms with Gasteiger partial charge in [0, 0.05) is 12.1 Å². The van der Waals surface area contributed by atoms with Crippen LogP contribution in [0.5, 0.6) is 0 Å². The first kappa shape index (κ1) is 19.7. The fourth-order valence-electron chi connectivity index (χ4n) is 3.19. The second-order valence-electron chi connectivity index (χ2n) is 6.69. The summed E-state index contributed by atoms with van der Waals surface area (Å²) in [6.45, 7) is 5.37. The zero-order valence-corrected chi connectivity index (χ0v) is 16.4. The number of aryl methyl sites for hydroxylation is 1. The Morgan fingerprint density at radius 1 is 1.36 bits per heavy atom. The Kier molecular flexibility index (Phi) is 6.19. The van der Waals surface area contributed by atoms with E-state index in [1.54, 1.807) is 0 Å². The first-order valence-electron chi connectivity index (χ1n) is 9.01. The highest BCUT2D eigenvalue weighted by Gasteiger charge is 2.23. The molecule has 2 atom stereocenters.